The number of carbonyl (C=O) groups excluding carboxylic acids is 1. The molecule has 2 rings (SSSR count). The summed E-state index contributed by atoms with van der Waals surface area (Å²) < 4.78 is 5.24. The number of aliphatic carboxylic acids is 1. The first-order valence-electron chi connectivity index (χ1n) is 6.05. The summed E-state index contributed by atoms with van der Waals surface area (Å²) in [7, 11) is 0. The van der Waals surface area contributed by atoms with E-state index in [4.69, 9.17) is 33.0 Å². The Morgan fingerprint density at radius 3 is 2.85 bits per heavy atom. The summed E-state index contributed by atoms with van der Waals surface area (Å²) in [5, 5.41) is 9.37. The Bertz CT molecular complexity index is 535. The summed E-state index contributed by atoms with van der Waals surface area (Å²) in [6.45, 7) is 0.913. The molecular weight excluding hydrogens is 305 g/mol. The molecule has 1 heterocycles. The molecule has 0 saturated carbocycles. The zero-order valence-corrected chi connectivity index (χ0v) is 12.0. The van der Waals surface area contributed by atoms with Gasteiger partial charge in [0.05, 0.1) is 41.3 Å². The molecule has 1 atom stereocenters. The highest BCUT2D eigenvalue weighted by molar-refractivity contribution is 6.43. The average Bonchev–Trinajstić information content (AvgIpc) is 2.41. The normalized spacial score (nSPS) is 18.9. The van der Waals surface area contributed by atoms with E-state index in [0.29, 0.717) is 18.2 Å². The average molecular weight is 318 g/mol. The second-order valence-corrected chi connectivity index (χ2v) is 5.21. The highest BCUT2D eigenvalue weighted by atomic mass is 35.5. The molecule has 20 heavy (non-hydrogen) atoms. The molecule has 1 aromatic rings. The van der Waals surface area contributed by atoms with Crippen LogP contribution in [-0.4, -0.2) is 47.7 Å². The number of rotatable bonds is 3. The zero-order chi connectivity index (χ0) is 14.7. The van der Waals surface area contributed by atoms with Crippen molar-refractivity contribution in [1.29, 1.82) is 0 Å². The molecule has 1 fully saturated rings. The Morgan fingerprint density at radius 1 is 1.40 bits per heavy atom. The molecule has 1 aliphatic rings. The predicted molar refractivity (Wildman–Crippen MR) is 74.4 cm³/mol. The number of halogens is 2. The lowest BCUT2D eigenvalue weighted by Gasteiger charge is -2.35. The summed E-state index contributed by atoms with van der Waals surface area (Å²) in [4.78, 5) is 24.8. The Hall–Kier alpha value is -1.30. The third-order valence-electron chi connectivity index (χ3n) is 3.08. The van der Waals surface area contributed by atoms with E-state index in [9.17, 15) is 9.59 Å². The van der Waals surface area contributed by atoms with E-state index in [1.807, 2.05) is 0 Å². The third kappa shape index (κ3) is 3.23. The van der Waals surface area contributed by atoms with Gasteiger partial charge in [0.1, 0.15) is 0 Å². The van der Waals surface area contributed by atoms with Gasteiger partial charge < -0.3 is 14.7 Å². The maximum atomic E-state index is 12.5. The van der Waals surface area contributed by atoms with Crippen molar-refractivity contribution >= 4 is 35.1 Å². The van der Waals surface area contributed by atoms with E-state index in [-0.39, 0.29) is 29.5 Å². The van der Waals surface area contributed by atoms with Gasteiger partial charge in [-0.3, -0.25) is 9.59 Å². The first-order chi connectivity index (χ1) is 9.50. The molecule has 5 nitrogen and oxygen atoms in total. The Labute approximate surface area is 126 Å². The smallest absolute Gasteiger partial charge is 0.305 e. The number of hydrogen-bond donors (Lipinski definition) is 1. The maximum Gasteiger partial charge on any atom is 0.305 e. The van der Waals surface area contributed by atoms with E-state index in [1.165, 1.54) is 4.90 Å². The summed E-state index contributed by atoms with van der Waals surface area (Å²) in [5.41, 5.74) is 0.274. The van der Waals surface area contributed by atoms with Crippen LogP contribution in [0.3, 0.4) is 0 Å². The van der Waals surface area contributed by atoms with Crippen molar-refractivity contribution in [3.8, 4) is 0 Å². The van der Waals surface area contributed by atoms with Gasteiger partial charge in [0.15, 0.2) is 0 Å². The van der Waals surface area contributed by atoms with Crippen molar-refractivity contribution < 1.29 is 19.4 Å². The highest BCUT2D eigenvalue weighted by Gasteiger charge is 2.30. The van der Waals surface area contributed by atoms with Crippen molar-refractivity contribution in [1.82, 2.24) is 4.90 Å². The fraction of sp³-hybridized carbons (Fsp3) is 0.385. The van der Waals surface area contributed by atoms with E-state index in [1.54, 1.807) is 18.2 Å². The van der Waals surface area contributed by atoms with Gasteiger partial charge in [0.2, 0.25) is 0 Å². The summed E-state index contributed by atoms with van der Waals surface area (Å²) in [6.07, 6.45) is -0.163. The molecule has 108 valence electrons. The molecule has 0 bridgehead atoms. The standard InChI is InChI=1S/C13H13Cl2NO4/c14-10-3-1-2-9(12(10)15)13(19)16-4-5-20-7-8(16)6-11(17)18/h1-3,8H,4-7H2,(H,17,18)/t8-/m1/s1. The first kappa shape index (κ1) is 15.1. The molecule has 7 heteroatoms. The van der Waals surface area contributed by atoms with Gasteiger partial charge in [-0.25, -0.2) is 0 Å². The van der Waals surface area contributed by atoms with Crippen LogP contribution in [0.1, 0.15) is 16.8 Å². The van der Waals surface area contributed by atoms with Gasteiger partial charge in [0.25, 0.3) is 5.91 Å². The van der Waals surface area contributed by atoms with Crippen LogP contribution in [0.25, 0.3) is 0 Å². The van der Waals surface area contributed by atoms with Gasteiger partial charge >= 0.3 is 5.97 Å². The number of morpholine rings is 1. The Morgan fingerprint density at radius 2 is 2.15 bits per heavy atom. The number of carboxylic acids is 1. The van der Waals surface area contributed by atoms with Gasteiger partial charge in [-0.05, 0) is 12.1 Å². The van der Waals surface area contributed by atoms with Crippen LogP contribution in [0.5, 0.6) is 0 Å². The largest absolute Gasteiger partial charge is 0.481 e. The van der Waals surface area contributed by atoms with Crippen molar-refractivity contribution in [2.45, 2.75) is 12.5 Å². The number of carbonyl (C=O) groups is 2. The van der Waals surface area contributed by atoms with Crippen molar-refractivity contribution in [2.24, 2.45) is 0 Å². The molecule has 0 aromatic heterocycles. The fourth-order valence-electron chi connectivity index (χ4n) is 2.12. The van der Waals surface area contributed by atoms with Crippen LogP contribution in [0.4, 0.5) is 0 Å². The second kappa shape index (κ2) is 6.43. The lowest BCUT2D eigenvalue weighted by Crippen LogP contribution is -2.49. The number of carboxylic acid groups (broad SMARTS) is 1. The molecule has 0 unspecified atom stereocenters. The van der Waals surface area contributed by atoms with Crippen LogP contribution in [0, 0.1) is 0 Å². The lowest BCUT2D eigenvalue weighted by atomic mass is 10.1. The van der Waals surface area contributed by atoms with Crippen LogP contribution in [0.15, 0.2) is 18.2 Å². The van der Waals surface area contributed by atoms with E-state index < -0.39 is 12.0 Å². The SMILES string of the molecule is O=C(O)C[C@@H]1COCCN1C(=O)c1cccc(Cl)c1Cl. The van der Waals surface area contributed by atoms with E-state index in [2.05, 4.69) is 0 Å². The zero-order valence-electron chi connectivity index (χ0n) is 10.5. The van der Waals surface area contributed by atoms with Crippen LogP contribution >= 0.6 is 23.2 Å². The van der Waals surface area contributed by atoms with Crippen molar-refractivity contribution in [2.75, 3.05) is 19.8 Å². The number of amides is 1. The summed E-state index contributed by atoms with van der Waals surface area (Å²) >= 11 is 11.9. The van der Waals surface area contributed by atoms with Crippen molar-refractivity contribution in [3.05, 3.63) is 33.8 Å². The quantitative estimate of drug-likeness (QED) is 0.929. The lowest BCUT2D eigenvalue weighted by molar-refractivity contribution is -0.139. The summed E-state index contributed by atoms with van der Waals surface area (Å²) in [5.74, 6) is -1.30. The third-order valence-corrected chi connectivity index (χ3v) is 3.90. The molecule has 0 spiro atoms. The van der Waals surface area contributed by atoms with Crippen LogP contribution in [0.2, 0.25) is 10.0 Å². The second-order valence-electron chi connectivity index (χ2n) is 4.43. The van der Waals surface area contributed by atoms with Gasteiger partial charge in [-0.1, -0.05) is 29.3 Å². The minimum atomic E-state index is -0.976. The monoisotopic (exact) mass is 317 g/mol. The number of nitrogens with zero attached hydrogens (tertiary/aromatic N) is 1. The maximum absolute atomic E-state index is 12.5. The van der Waals surface area contributed by atoms with E-state index >= 15 is 0 Å². The number of benzene rings is 1. The van der Waals surface area contributed by atoms with Crippen LogP contribution < -0.4 is 0 Å². The first-order valence-corrected chi connectivity index (χ1v) is 6.81. The summed E-state index contributed by atoms with van der Waals surface area (Å²) in [6, 6.07) is 4.30. The van der Waals surface area contributed by atoms with Gasteiger partial charge in [-0.15, -0.1) is 0 Å². The molecule has 1 saturated heterocycles. The highest BCUT2D eigenvalue weighted by Crippen LogP contribution is 2.27. The number of hydrogen-bond acceptors (Lipinski definition) is 3. The van der Waals surface area contributed by atoms with Crippen molar-refractivity contribution in [3.63, 3.8) is 0 Å². The van der Waals surface area contributed by atoms with E-state index in [0.717, 1.165) is 0 Å². The predicted octanol–water partition coefficient (Wildman–Crippen LogP) is 2.31. The molecule has 1 amide bonds. The van der Waals surface area contributed by atoms with Gasteiger partial charge in [0, 0.05) is 6.54 Å². The minimum Gasteiger partial charge on any atom is -0.481 e. The molecule has 1 aromatic carbocycles. The molecule has 0 aliphatic carbocycles. The topological polar surface area (TPSA) is 66.8 Å². The Balaban J connectivity index is 2.25. The molecule has 1 aliphatic heterocycles. The molecule has 1 N–H and O–H groups in total. The molecular formula is C13H13Cl2NO4. The van der Waals surface area contributed by atoms with Crippen LogP contribution in [-0.2, 0) is 9.53 Å². The Kier molecular flexibility index (Phi) is 4.86. The molecule has 0 radical (unpaired) electrons. The van der Waals surface area contributed by atoms with Gasteiger partial charge in [-0.2, -0.15) is 0 Å². The number of ether oxygens (including phenoxy) is 1. The fourth-order valence-corrected chi connectivity index (χ4v) is 2.50. The minimum absolute atomic E-state index is 0.163.